The molecule has 10 nitrogen and oxygen atoms in total. The first-order chi connectivity index (χ1) is 16.8. The maximum absolute atomic E-state index is 14.6. The van der Waals surface area contributed by atoms with Gasteiger partial charge in [-0.15, -0.1) is 0 Å². The number of aryl methyl sites for hydroxylation is 2. The van der Waals surface area contributed by atoms with E-state index in [1.165, 1.54) is 15.5 Å². The number of ketones is 1. The third kappa shape index (κ3) is 4.34. The molecule has 0 saturated carbocycles. The largest absolute Gasteiger partial charge is 0.484 e. The van der Waals surface area contributed by atoms with Crippen molar-refractivity contribution in [3.8, 4) is 5.75 Å². The summed E-state index contributed by atoms with van der Waals surface area (Å²) in [6, 6.07) is 6.28. The number of ether oxygens (including phenoxy) is 2. The second-order valence-corrected chi connectivity index (χ2v) is 8.64. The molecule has 182 valence electrons. The van der Waals surface area contributed by atoms with Crippen LogP contribution in [0.15, 0.2) is 29.1 Å². The maximum Gasteiger partial charge on any atom is 0.415 e. The summed E-state index contributed by atoms with van der Waals surface area (Å²) in [7, 11) is 1.61. The zero-order chi connectivity index (χ0) is 24.7. The number of rotatable bonds is 6. The summed E-state index contributed by atoms with van der Waals surface area (Å²) in [5.74, 6) is 0.472. The van der Waals surface area contributed by atoms with Crippen molar-refractivity contribution in [3.05, 3.63) is 57.4 Å². The van der Waals surface area contributed by atoms with Crippen LogP contribution < -0.4 is 20.5 Å². The number of cyclic esters (lactones) is 1. The lowest BCUT2D eigenvalue weighted by Gasteiger charge is -2.18. The number of aromatic nitrogens is 3. The molecular weight excluding hydrogens is 457 g/mol. The SMILES string of the molecule is Cc1nc2ccc(F)c(CCNC[C@H]3CN(c4ccc5c(n4)CC(=O)CO5)C(=O)O3)c2n(C)c1=O. The third-order valence-corrected chi connectivity index (χ3v) is 6.19. The van der Waals surface area contributed by atoms with Crippen molar-refractivity contribution in [2.24, 2.45) is 7.05 Å². The Hall–Kier alpha value is -3.86. The Morgan fingerprint density at radius 2 is 2.00 bits per heavy atom. The molecule has 1 amide bonds. The summed E-state index contributed by atoms with van der Waals surface area (Å²) in [4.78, 5) is 46.5. The molecule has 0 radical (unpaired) electrons. The molecule has 11 heteroatoms. The molecule has 0 unspecified atom stereocenters. The predicted octanol–water partition coefficient (Wildman–Crippen LogP) is 1.44. The third-order valence-electron chi connectivity index (χ3n) is 6.19. The van der Waals surface area contributed by atoms with Crippen molar-refractivity contribution in [1.29, 1.82) is 0 Å². The standard InChI is InChI=1S/C24H24FN5O5/c1-13-23(32)29(2)22-16(17(25)3-4-18(22)27-13)7-8-26-10-15-11-30(24(33)35-15)21-6-5-20-19(28-21)9-14(31)12-34-20/h3-6,15,26H,7-12H2,1-2H3/t15-/m0/s1. The molecule has 0 aliphatic carbocycles. The molecule has 5 rings (SSSR count). The fourth-order valence-corrected chi connectivity index (χ4v) is 4.45. The van der Waals surface area contributed by atoms with Crippen LogP contribution in [0.1, 0.15) is 17.0 Å². The summed E-state index contributed by atoms with van der Waals surface area (Å²) < 4.78 is 26.8. The number of hydrogen-bond acceptors (Lipinski definition) is 8. The van der Waals surface area contributed by atoms with Crippen LogP contribution in [0.2, 0.25) is 0 Å². The van der Waals surface area contributed by atoms with Crippen LogP contribution in [0.4, 0.5) is 15.0 Å². The molecule has 1 aromatic carbocycles. The number of nitrogens with zero attached hydrogens (tertiary/aromatic N) is 4. The Morgan fingerprint density at radius 1 is 1.17 bits per heavy atom. The maximum atomic E-state index is 14.6. The minimum atomic E-state index is -0.524. The van der Waals surface area contributed by atoms with Gasteiger partial charge in [0.05, 0.1) is 29.7 Å². The van der Waals surface area contributed by atoms with Gasteiger partial charge in [-0.2, -0.15) is 0 Å². The van der Waals surface area contributed by atoms with Crippen molar-refractivity contribution in [2.45, 2.75) is 25.9 Å². The Bertz CT molecular complexity index is 1410. The van der Waals surface area contributed by atoms with Gasteiger partial charge in [0.15, 0.2) is 5.78 Å². The number of pyridine rings is 1. The number of carbonyl (C=O) groups is 2. The molecule has 1 saturated heterocycles. The van der Waals surface area contributed by atoms with Crippen LogP contribution >= 0.6 is 0 Å². The van der Waals surface area contributed by atoms with E-state index in [-0.39, 0.29) is 30.9 Å². The lowest BCUT2D eigenvalue weighted by molar-refractivity contribution is -0.121. The van der Waals surface area contributed by atoms with Crippen LogP contribution in [0.3, 0.4) is 0 Å². The van der Waals surface area contributed by atoms with E-state index in [4.69, 9.17) is 9.47 Å². The highest BCUT2D eigenvalue weighted by Crippen LogP contribution is 2.27. The molecule has 0 bridgehead atoms. The number of carbonyl (C=O) groups excluding carboxylic acids is 2. The Labute approximate surface area is 199 Å². The van der Waals surface area contributed by atoms with Crippen LogP contribution in [-0.2, 0) is 29.4 Å². The van der Waals surface area contributed by atoms with E-state index >= 15 is 0 Å². The number of halogens is 1. The normalized spacial score (nSPS) is 17.5. The lowest BCUT2D eigenvalue weighted by atomic mass is 10.1. The van der Waals surface area contributed by atoms with E-state index in [1.54, 1.807) is 32.2 Å². The van der Waals surface area contributed by atoms with Gasteiger partial charge in [-0.05, 0) is 44.2 Å². The Kier molecular flexibility index (Phi) is 5.93. The van der Waals surface area contributed by atoms with Gasteiger partial charge < -0.3 is 19.4 Å². The van der Waals surface area contributed by atoms with Gasteiger partial charge >= 0.3 is 6.09 Å². The highest BCUT2D eigenvalue weighted by atomic mass is 19.1. The first kappa shape index (κ1) is 22.9. The van der Waals surface area contributed by atoms with Gasteiger partial charge in [0.2, 0.25) is 0 Å². The van der Waals surface area contributed by atoms with Gasteiger partial charge in [0, 0.05) is 19.2 Å². The van der Waals surface area contributed by atoms with E-state index in [0.29, 0.717) is 59.1 Å². The number of nitrogens with one attached hydrogen (secondary N) is 1. The van der Waals surface area contributed by atoms with Crippen LogP contribution in [0.25, 0.3) is 11.0 Å². The van der Waals surface area contributed by atoms with Crippen molar-refractivity contribution in [2.75, 3.05) is 31.1 Å². The monoisotopic (exact) mass is 481 g/mol. The van der Waals surface area contributed by atoms with Crippen LogP contribution in [0, 0.1) is 12.7 Å². The molecule has 4 heterocycles. The summed E-state index contributed by atoms with van der Waals surface area (Å²) in [6.45, 7) is 2.71. The van der Waals surface area contributed by atoms with Gasteiger partial charge in [-0.1, -0.05) is 0 Å². The average molecular weight is 481 g/mol. The van der Waals surface area contributed by atoms with E-state index in [9.17, 15) is 18.8 Å². The molecule has 2 aromatic heterocycles. The minimum Gasteiger partial charge on any atom is -0.484 e. The number of hydrogen-bond donors (Lipinski definition) is 1. The smallest absolute Gasteiger partial charge is 0.415 e. The van der Waals surface area contributed by atoms with Crippen LogP contribution in [-0.4, -0.2) is 58.8 Å². The van der Waals surface area contributed by atoms with Crippen molar-refractivity contribution in [3.63, 3.8) is 0 Å². The summed E-state index contributed by atoms with van der Waals surface area (Å²) in [5, 5.41) is 3.20. The summed E-state index contributed by atoms with van der Waals surface area (Å²) in [6.07, 6.45) is -0.456. The van der Waals surface area contributed by atoms with E-state index in [2.05, 4.69) is 15.3 Å². The second kappa shape index (κ2) is 9.06. The van der Waals surface area contributed by atoms with Crippen molar-refractivity contribution >= 4 is 28.7 Å². The highest BCUT2D eigenvalue weighted by Gasteiger charge is 2.33. The van der Waals surface area contributed by atoms with Crippen molar-refractivity contribution < 1.29 is 23.5 Å². The first-order valence-electron chi connectivity index (χ1n) is 11.3. The predicted molar refractivity (Wildman–Crippen MR) is 124 cm³/mol. The molecule has 0 spiro atoms. The molecule has 2 aliphatic heterocycles. The fourth-order valence-electron chi connectivity index (χ4n) is 4.45. The summed E-state index contributed by atoms with van der Waals surface area (Å²) >= 11 is 0. The molecule has 3 aromatic rings. The van der Waals surface area contributed by atoms with E-state index in [1.807, 2.05) is 0 Å². The highest BCUT2D eigenvalue weighted by molar-refractivity contribution is 5.89. The lowest BCUT2D eigenvalue weighted by Crippen LogP contribution is -2.32. The van der Waals surface area contributed by atoms with E-state index in [0.717, 1.165) is 0 Å². The Balaban J connectivity index is 1.22. The zero-order valence-corrected chi connectivity index (χ0v) is 19.3. The van der Waals surface area contributed by atoms with Gasteiger partial charge in [0.1, 0.15) is 35.8 Å². The molecule has 1 fully saturated rings. The van der Waals surface area contributed by atoms with Gasteiger partial charge in [0.25, 0.3) is 5.56 Å². The number of fused-ring (bicyclic) bond motifs is 2. The average Bonchev–Trinajstić information content (AvgIpc) is 3.21. The van der Waals surface area contributed by atoms with Crippen LogP contribution in [0.5, 0.6) is 5.75 Å². The van der Waals surface area contributed by atoms with Gasteiger partial charge in [-0.3, -0.25) is 14.5 Å². The second-order valence-electron chi connectivity index (χ2n) is 8.64. The first-order valence-corrected chi connectivity index (χ1v) is 11.3. The molecule has 35 heavy (non-hydrogen) atoms. The molecule has 2 aliphatic rings. The van der Waals surface area contributed by atoms with Gasteiger partial charge in [-0.25, -0.2) is 19.2 Å². The van der Waals surface area contributed by atoms with Crippen molar-refractivity contribution in [1.82, 2.24) is 19.9 Å². The molecular formula is C24H24FN5O5. The topological polar surface area (TPSA) is 116 Å². The molecule has 1 atom stereocenters. The quantitative estimate of drug-likeness (QED) is 0.526. The number of amides is 1. The summed E-state index contributed by atoms with van der Waals surface area (Å²) in [5.41, 5.74) is 2.04. The van der Waals surface area contributed by atoms with E-state index < -0.39 is 18.0 Å². The molecule has 1 N–H and O–H groups in total. The number of Topliss-reactive ketones (excluding diaryl/α,β-unsaturated/α-hetero) is 1. The number of benzene rings is 1. The minimum absolute atomic E-state index is 0.0304. The Morgan fingerprint density at radius 3 is 2.83 bits per heavy atom. The fraction of sp³-hybridized carbons (Fsp3) is 0.375. The zero-order valence-electron chi connectivity index (χ0n) is 19.3. The number of anilines is 1.